The number of hydrogen-bond acceptors (Lipinski definition) is 1. The van der Waals surface area contributed by atoms with E-state index in [1.165, 1.54) is 94.6 Å². The van der Waals surface area contributed by atoms with E-state index in [-0.39, 0.29) is 0 Å². The molecule has 1 nitrogen and oxygen atoms in total. The van der Waals surface area contributed by atoms with Gasteiger partial charge in [-0.05, 0) is 114 Å². The van der Waals surface area contributed by atoms with E-state index in [9.17, 15) is 5.11 Å². The molecule has 0 aromatic carbocycles. The standard InChI is InChI=1S/C27H44O/c1-5-27-20-10-13-23(16-15-22-12-7-6-11-21(22)2)25(27)18-17-24(27)14-8-9-19-26(3,4)28/h15-16,24-25,28H,2,5-14,17-20H2,1,3-4H3/b22-15-,23-16+. The molecule has 0 radical (unpaired) electrons. The van der Waals surface area contributed by atoms with Crippen LogP contribution in [0.4, 0.5) is 0 Å². The van der Waals surface area contributed by atoms with Crippen LogP contribution in [0.1, 0.15) is 111 Å². The van der Waals surface area contributed by atoms with Gasteiger partial charge in [0.1, 0.15) is 0 Å². The molecule has 0 aromatic heterocycles. The summed E-state index contributed by atoms with van der Waals surface area (Å²) < 4.78 is 0. The SMILES string of the molecule is C=C1CCCC/C1=C/C=C1\CCCC2(CC)C(CCCCC(C)(C)O)CCC12. The molecule has 3 unspecified atom stereocenters. The summed E-state index contributed by atoms with van der Waals surface area (Å²) in [6, 6.07) is 0. The second kappa shape index (κ2) is 9.33. The third-order valence-corrected chi connectivity index (χ3v) is 8.24. The number of hydrogen-bond donors (Lipinski definition) is 1. The molecular formula is C27H44O. The molecule has 0 amide bonds. The first kappa shape index (κ1) is 21.9. The van der Waals surface area contributed by atoms with Crippen molar-refractivity contribution in [2.24, 2.45) is 17.3 Å². The molecule has 0 spiro atoms. The number of fused-ring (bicyclic) bond motifs is 1. The summed E-state index contributed by atoms with van der Waals surface area (Å²) in [6.45, 7) is 10.7. The van der Waals surface area contributed by atoms with Crippen LogP contribution in [0, 0.1) is 17.3 Å². The molecule has 158 valence electrons. The van der Waals surface area contributed by atoms with Crippen LogP contribution in [-0.2, 0) is 0 Å². The maximum Gasteiger partial charge on any atom is 0.0591 e. The zero-order chi connectivity index (χ0) is 20.2. The van der Waals surface area contributed by atoms with Crippen LogP contribution in [0.3, 0.4) is 0 Å². The first-order valence-corrected chi connectivity index (χ1v) is 12.2. The Hall–Kier alpha value is -0.820. The highest BCUT2D eigenvalue weighted by Gasteiger charge is 2.50. The molecule has 3 atom stereocenters. The molecule has 1 heteroatoms. The van der Waals surface area contributed by atoms with Crippen molar-refractivity contribution in [3.63, 3.8) is 0 Å². The fourth-order valence-corrected chi connectivity index (χ4v) is 6.65. The van der Waals surface area contributed by atoms with Gasteiger partial charge in [-0.2, -0.15) is 0 Å². The fraction of sp³-hybridized carbons (Fsp3) is 0.778. The topological polar surface area (TPSA) is 20.2 Å². The van der Waals surface area contributed by atoms with Crippen molar-refractivity contribution in [3.05, 3.63) is 35.5 Å². The molecule has 0 bridgehead atoms. The van der Waals surface area contributed by atoms with Crippen LogP contribution in [0.15, 0.2) is 35.5 Å². The van der Waals surface area contributed by atoms with Gasteiger partial charge in [0.15, 0.2) is 0 Å². The summed E-state index contributed by atoms with van der Waals surface area (Å²) >= 11 is 0. The van der Waals surface area contributed by atoms with Gasteiger partial charge >= 0.3 is 0 Å². The minimum atomic E-state index is -0.502. The lowest BCUT2D eigenvalue weighted by molar-refractivity contribution is 0.0643. The Morgan fingerprint density at radius 3 is 2.57 bits per heavy atom. The average molecular weight is 385 g/mol. The Balaban J connectivity index is 1.67. The summed E-state index contributed by atoms with van der Waals surface area (Å²) in [7, 11) is 0. The molecule has 3 saturated carbocycles. The molecule has 0 aliphatic heterocycles. The van der Waals surface area contributed by atoms with E-state index in [2.05, 4.69) is 25.7 Å². The number of unbranched alkanes of at least 4 members (excludes halogenated alkanes) is 1. The Bertz CT molecular complexity index is 602. The van der Waals surface area contributed by atoms with Crippen LogP contribution >= 0.6 is 0 Å². The molecule has 1 N–H and O–H groups in total. The minimum absolute atomic E-state index is 0.502. The molecule has 3 aliphatic carbocycles. The molecule has 3 fully saturated rings. The third kappa shape index (κ3) is 5.02. The van der Waals surface area contributed by atoms with Crippen LogP contribution in [0.5, 0.6) is 0 Å². The van der Waals surface area contributed by atoms with E-state index in [1.807, 2.05) is 13.8 Å². The van der Waals surface area contributed by atoms with Gasteiger partial charge in [-0.15, -0.1) is 0 Å². The summed E-state index contributed by atoms with van der Waals surface area (Å²) in [6.07, 6.45) is 23.1. The quantitative estimate of drug-likeness (QED) is 0.442. The first-order valence-electron chi connectivity index (χ1n) is 12.2. The van der Waals surface area contributed by atoms with Crippen LogP contribution in [-0.4, -0.2) is 10.7 Å². The van der Waals surface area contributed by atoms with E-state index in [0.717, 1.165) is 18.3 Å². The van der Waals surface area contributed by atoms with Crippen molar-refractivity contribution < 1.29 is 5.11 Å². The lowest BCUT2D eigenvalue weighted by Crippen LogP contribution is -2.35. The second-order valence-electron chi connectivity index (χ2n) is 10.6. The molecule has 28 heavy (non-hydrogen) atoms. The van der Waals surface area contributed by atoms with E-state index in [1.54, 1.807) is 5.57 Å². The van der Waals surface area contributed by atoms with Crippen LogP contribution in [0.25, 0.3) is 0 Å². The first-order chi connectivity index (χ1) is 13.4. The highest BCUT2D eigenvalue weighted by atomic mass is 16.3. The van der Waals surface area contributed by atoms with Gasteiger partial charge in [0.2, 0.25) is 0 Å². The molecule has 0 saturated heterocycles. The predicted octanol–water partition coefficient (Wildman–Crippen LogP) is 7.91. The van der Waals surface area contributed by atoms with E-state index < -0.39 is 5.60 Å². The van der Waals surface area contributed by atoms with Crippen molar-refractivity contribution in [2.45, 2.75) is 116 Å². The molecule has 3 rings (SSSR count). The van der Waals surface area contributed by atoms with Crippen LogP contribution in [0.2, 0.25) is 0 Å². The Morgan fingerprint density at radius 1 is 1.07 bits per heavy atom. The van der Waals surface area contributed by atoms with Gasteiger partial charge in [0.05, 0.1) is 5.60 Å². The summed E-state index contributed by atoms with van der Waals surface area (Å²) in [5.41, 5.74) is 4.71. The Kier molecular flexibility index (Phi) is 7.29. The van der Waals surface area contributed by atoms with Crippen molar-refractivity contribution >= 4 is 0 Å². The zero-order valence-electron chi connectivity index (χ0n) is 18.9. The highest BCUT2D eigenvalue weighted by molar-refractivity contribution is 5.35. The van der Waals surface area contributed by atoms with Gasteiger partial charge in [-0.1, -0.05) is 49.6 Å². The summed E-state index contributed by atoms with van der Waals surface area (Å²) in [5.74, 6) is 1.71. The van der Waals surface area contributed by atoms with Gasteiger partial charge in [0.25, 0.3) is 0 Å². The van der Waals surface area contributed by atoms with Gasteiger partial charge in [-0.25, -0.2) is 0 Å². The van der Waals surface area contributed by atoms with Crippen molar-refractivity contribution in [2.75, 3.05) is 0 Å². The predicted molar refractivity (Wildman–Crippen MR) is 121 cm³/mol. The second-order valence-corrected chi connectivity index (χ2v) is 10.6. The number of aliphatic hydroxyl groups is 1. The summed E-state index contributed by atoms with van der Waals surface area (Å²) in [4.78, 5) is 0. The van der Waals surface area contributed by atoms with Gasteiger partial charge < -0.3 is 5.11 Å². The fourth-order valence-electron chi connectivity index (χ4n) is 6.65. The zero-order valence-corrected chi connectivity index (χ0v) is 18.9. The highest BCUT2D eigenvalue weighted by Crippen LogP contribution is 2.60. The van der Waals surface area contributed by atoms with Gasteiger partial charge in [0, 0.05) is 0 Å². The van der Waals surface area contributed by atoms with Crippen molar-refractivity contribution in [3.8, 4) is 0 Å². The van der Waals surface area contributed by atoms with E-state index >= 15 is 0 Å². The number of rotatable bonds is 7. The Labute approximate surface area is 174 Å². The third-order valence-electron chi connectivity index (χ3n) is 8.24. The largest absolute Gasteiger partial charge is 0.390 e. The minimum Gasteiger partial charge on any atom is -0.390 e. The van der Waals surface area contributed by atoms with Crippen molar-refractivity contribution in [1.29, 1.82) is 0 Å². The lowest BCUT2D eigenvalue weighted by atomic mass is 9.60. The monoisotopic (exact) mass is 384 g/mol. The van der Waals surface area contributed by atoms with E-state index in [0.29, 0.717) is 5.41 Å². The van der Waals surface area contributed by atoms with Crippen LogP contribution < -0.4 is 0 Å². The molecular weight excluding hydrogens is 340 g/mol. The van der Waals surface area contributed by atoms with E-state index in [4.69, 9.17) is 0 Å². The molecule has 0 heterocycles. The lowest BCUT2D eigenvalue weighted by Gasteiger charge is -2.45. The smallest absolute Gasteiger partial charge is 0.0591 e. The normalized spacial score (nSPS) is 34.2. The maximum absolute atomic E-state index is 9.99. The molecule has 3 aliphatic rings. The average Bonchev–Trinajstić information content (AvgIpc) is 3.03. The molecule has 0 aromatic rings. The van der Waals surface area contributed by atoms with Crippen molar-refractivity contribution in [1.82, 2.24) is 0 Å². The summed E-state index contributed by atoms with van der Waals surface area (Å²) in [5, 5.41) is 9.99. The maximum atomic E-state index is 9.99. The Morgan fingerprint density at radius 2 is 1.86 bits per heavy atom. The van der Waals surface area contributed by atoms with Gasteiger partial charge in [-0.3, -0.25) is 0 Å². The number of allylic oxidation sites excluding steroid dienone is 5.